The molecule has 1 aliphatic heterocycles. The molecule has 0 aromatic carbocycles. The van der Waals surface area contributed by atoms with Crippen LogP contribution in [0.15, 0.2) is 18.3 Å². The first kappa shape index (κ1) is 13.1. The van der Waals surface area contributed by atoms with Gasteiger partial charge < -0.3 is 9.64 Å². The molecule has 0 bridgehead atoms. The number of carbonyl (C=O) groups excluding carboxylic acids is 1. The van der Waals surface area contributed by atoms with Crippen molar-refractivity contribution in [3.05, 3.63) is 29.7 Å². The van der Waals surface area contributed by atoms with Crippen molar-refractivity contribution < 1.29 is 9.53 Å². The fourth-order valence-electron chi connectivity index (χ4n) is 2.86. The van der Waals surface area contributed by atoms with E-state index < -0.39 is 0 Å². The van der Waals surface area contributed by atoms with Crippen LogP contribution in [0.2, 0.25) is 0 Å². The number of likely N-dealkylation sites (tertiary alicyclic amines) is 1. The van der Waals surface area contributed by atoms with E-state index in [1.54, 1.807) is 6.07 Å². The van der Waals surface area contributed by atoms with Crippen LogP contribution >= 0.6 is 0 Å². The van der Waals surface area contributed by atoms with Gasteiger partial charge in [-0.2, -0.15) is 0 Å². The number of carbonyl (C=O) groups is 1. The molecule has 6 heteroatoms. The molecule has 2 aromatic rings. The second kappa shape index (κ2) is 5.20. The van der Waals surface area contributed by atoms with E-state index in [0.717, 1.165) is 31.8 Å². The molecular weight excluding hydrogens is 256 g/mol. The van der Waals surface area contributed by atoms with Crippen LogP contribution in [-0.4, -0.2) is 52.7 Å². The highest BCUT2D eigenvalue weighted by atomic mass is 16.5. The third-order valence-corrected chi connectivity index (χ3v) is 3.86. The van der Waals surface area contributed by atoms with Crippen LogP contribution in [0.5, 0.6) is 0 Å². The number of ether oxygens (including phenoxy) is 1. The standard InChI is InChI=1S/C14H18N4O2/c1-17-7-3-5-10(9-17)12-15-16-13-11(14(19)20-2)6-4-8-18(12)13/h4,6,8,10H,3,5,7,9H2,1-2H3. The maximum Gasteiger partial charge on any atom is 0.341 e. The number of hydrogen-bond donors (Lipinski definition) is 0. The number of aromatic nitrogens is 3. The highest BCUT2D eigenvalue weighted by molar-refractivity contribution is 5.95. The van der Waals surface area contributed by atoms with Crippen molar-refractivity contribution in [2.24, 2.45) is 0 Å². The molecule has 1 fully saturated rings. The lowest BCUT2D eigenvalue weighted by Gasteiger charge is -2.28. The van der Waals surface area contributed by atoms with Gasteiger partial charge in [0.2, 0.25) is 0 Å². The lowest BCUT2D eigenvalue weighted by molar-refractivity contribution is 0.0602. The van der Waals surface area contributed by atoms with Gasteiger partial charge >= 0.3 is 5.97 Å². The number of nitrogens with zero attached hydrogens (tertiary/aromatic N) is 4. The Labute approximate surface area is 117 Å². The molecule has 2 aromatic heterocycles. The van der Waals surface area contributed by atoms with Crippen LogP contribution in [0.1, 0.15) is 34.9 Å². The van der Waals surface area contributed by atoms with Crippen LogP contribution in [0.4, 0.5) is 0 Å². The Morgan fingerprint density at radius 2 is 2.30 bits per heavy atom. The minimum absolute atomic E-state index is 0.358. The smallest absolute Gasteiger partial charge is 0.341 e. The first-order chi connectivity index (χ1) is 9.70. The van der Waals surface area contributed by atoms with Gasteiger partial charge in [0.1, 0.15) is 11.4 Å². The second-order valence-electron chi connectivity index (χ2n) is 5.27. The molecule has 1 saturated heterocycles. The van der Waals surface area contributed by atoms with E-state index in [-0.39, 0.29) is 5.97 Å². The predicted molar refractivity (Wildman–Crippen MR) is 73.8 cm³/mol. The monoisotopic (exact) mass is 274 g/mol. The topological polar surface area (TPSA) is 59.7 Å². The van der Waals surface area contributed by atoms with E-state index in [9.17, 15) is 4.79 Å². The Morgan fingerprint density at radius 1 is 1.45 bits per heavy atom. The molecule has 20 heavy (non-hydrogen) atoms. The number of esters is 1. The SMILES string of the molecule is COC(=O)c1cccn2c(C3CCCN(C)C3)nnc12. The largest absolute Gasteiger partial charge is 0.465 e. The van der Waals surface area contributed by atoms with Crippen LogP contribution in [0, 0.1) is 0 Å². The van der Waals surface area contributed by atoms with Crippen LogP contribution < -0.4 is 0 Å². The summed E-state index contributed by atoms with van der Waals surface area (Å²) in [6.45, 7) is 2.10. The molecule has 0 amide bonds. The summed E-state index contributed by atoms with van der Waals surface area (Å²) in [5, 5.41) is 8.49. The molecule has 1 aliphatic rings. The Balaban J connectivity index is 2.03. The number of piperidine rings is 1. The van der Waals surface area contributed by atoms with Gasteiger partial charge in [0.05, 0.1) is 7.11 Å². The number of methoxy groups -OCH3 is 1. The molecule has 1 atom stereocenters. The average Bonchev–Trinajstić information content (AvgIpc) is 2.90. The quantitative estimate of drug-likeness (QED) is 0.773. The summed E-state index contributed by atoms with van der Waals surface area (Å²) in [7, 11) is 3.49. The van der Waals surface area contributed by atoms with Gasteiger partial charge in [0.15, 0.2) is 5.65 Å². The summed E-state index contributed by atoms with van der Waals surface area (Å²) in [5.74, 6) is 0.907. The lowest BCUT2D eigenvalue weighted by atomic mass is 9.98. The summed E-state index contributed by atoms with van der Waals surface area (Å²) in [6.07, 6.45) is 4.17. The first-order valence-corrected chi connectivity index (χ1v) is 6.81. The van der Waals surface area contributed by atoms with E-state index in [2.05, 4.69) is 22.1 Å². The highest BCUT2D eigenvalue weighted by Crippen LogP contribution is 2.25. The summed E-state index contributed by atoms with van der Waals surface area (Å²) in [5.41, 5.74) is 1.03. The lowest BCUT2D eigenvalue weighted by Crippen LogP contribution is -2.31. The van der Waals surface area contributed by atoms with Gasteiger partial charge in [0, 0.05) is 18.7 Å². The molecule has 1 unspecified atom stereocenters. The Kier molecular flexibility index (Phi) is 3.40. The zero-order valence-electron chi connectivity index (χ0n) is 11.7. The number of fused-ring (bicyclic) bond motifs is 1. The molecule has 3 rings (SSSR count). The van der Waals surface area contributed by atoms with Crippen molar-refractivity contribution in [2.45, 2.75) is 18.8 Å². The molecule has 0 radical (unpaired) electrons. The van der Waals surface area contributed by atoms with E-state index >= 15 is 0 Å². The second-order valence-corrected chi connectivity index (χ2v) is 5.27. The molecular formula is C14H18N4O2. The fraction of sp³-hybridized carbons (Fsp3) is 0.500. The average molecular weight is 274 g/mol. The first-order valence-electron chi connectivity index (χ1n) is 6.81. The van der Waals surface area contributed by atoms with Gasteiger partial charge in [-0.15, -0.1) is 10.2 Å². The molecule has 0 aliphatic carbocycles. The fourth-order valence-corrected chi connectivity index (χ4v) is 2.86. The molecule has 3 heterocycles. The van der Waals surface area contributed by atoms with Gasteiger partial charge in [0.25, 0.3) is 0 Å². The van der Waals surface area contributed by atoms with E-state index in [4.69, 9.17) is 4.74 Å². The van der Waals surface area contributed by atoms with Crippen LogP contribution in [-0.2, 0) is 4.74 Å². The van der Waals surface area contributed by atoms with Gasteiger partial charge in [-0.3, -0.25) is 4.40 Å². The Hall–Kier alpha value is -1.95. The Morgan fingerprint density at radius 3 is 3.05 bits per heavy atom. The third-order valence-electron chi connectivity index (χ3n) is 3.86. The predicted octanol–water partition coefficient (Wildman–Crippen LogP) is 1.33. The van der Waals surface area contributed by atoms with Gasteiger partial charge in [-0.1, -0.05) is 0 Å². The van der Waals surface area contributed by atoms with Gasteiger partial charge in [-0.05, 0) is 38.6 Å². The van der Waals surface area contributed by atoms with Crippen molar-refractivity contribution in [3.8, 4) is 0 Å². The van der Waals surface area contributed by atoms with Crippen LogP contribution in [0.25, 0.3) is 5.65 Å². The van der Waals surface area contributed by atoms with Crippen molar-refractivity contribution >= 4 is 11.6 Å². The summed E-state index contributed by atoms with van der Waals surface area (Å²) >= 11 is 0. The molecule has 6 nitrogen and oxygen atoms in total. The van der Waals surface area contributed by atoms with Gasteiger partial charge in [-0.25, -0.2) is 4.79 Å². The maximum absolute atomic E-state index is 11.8. The van der Waals surface area contributed by atoms with Crippen molar-refractivity contribution in [1.29, 1.82) is 0 Å². The van der Waals surface area contributed by atoms with E-state index in [0.29, 0.717) is 17.1 Å². The zero-order chi connectivity index (χ0) is 14.1. The highest BCUT2D eigenvalue weighted by Gasteiger charge is 2.24. The zero-order valence-corrected chi connectivity index (χ0v) is 11.7. The number of rotatable bonds is 2. The van der Waals surface area contributed by atoms with Crippen molar-refractivity contribution in [3.63, 3.8) is 0 Å². The molecule has 0 spiro atoms. The summed E-state index contributed by atoms with van der Waals surface area (Å²) < 4.78 is 6.70. The minimum Gasteiger partial charge on any atom is -0.465 e. The summed E-state index contributed by atoms with van der Waals surface area (Å²) in [6, 6.07) is 3.55. The van der Waals surface area contributed by atoms with E-state index in [1.165, 1.54) is 7.11 Å². The molecule has 106 valence electrons. The number of pyridine rings is 1. The molecule has 0 N–H and O–H groups in total. The third kappa shape index (κ3) is 2.16. The number of likely N-dealkylation sites (N-methyl/N-ethyl adjacent to an activating group) is 1. The normalized spacial score (nSPS) is 20.2. The van der Waals surface area contributed by atoms with E-state index in [1.807, 2.05) is 16.7 Å². The number of hydrogen-bond acceptors (Lipinski definition) is 5. The minimum atomic E-state index is -0.379. The van der Waals surface area contributed by atoms with Crippen molar-refractivity contribution in [1.82, 2.24) is 19.5 Å². The summed E-state index contributed by atoms with van der Waals surface area (Å²) in [4.78, 5) is 14.1. The molecule has 0 saturated carbocycles. The van der Waals surface area contributed by atoms with Crippen molar-refractivity contribution in [2.75, 3.05) is 27.2 Å². The Bertz CT molecular complexity index is 637. The van der Waals surface area contributed by atoms with Crippen LogP contribution in [0.3, 0.4) is 0 Å². The maximum atomic E-state index is 11.8.